The first kappa shape index (κ1) is 13.4. The number of hydrogen-bond acceptors (Lipinski definition) is 2. The normalized spacial score (nSPS) is 23.0. The van der Waals surface area contributed by atoms with Gasteiger partial charge in [-0.3, -0.25) is 4.68 Å². The Hall–Kier alpha value is -1.61. The van der Waals surface area contributed by atoms with E-state index in [0.717, 1.165) is 12.1 Å². The van der Waals surface area contributed by atoms with Gasteiger partial charge >= 0.3 is 0 Å². The van der Waals surface area contributed by atoms with Crippen LogP contribution < -0.4 is 0 Å². The first-order valence-electron chi connectivity index (χ1n) is 7.42. The minimum atomic E-state index is -0.282. The fraction of sp³-hybridized carbons (Fsp3) is 0.471. The summed E-state index contributed by atoms with van der Waals surface area (Å²) in [7, 11) is 0. The van der Waals surface area contributed by atoms with Crippen molar-refractivity contribution >= 4 is 0 Å². The average Bonchev–Trinajstić information content (AvgIpc) is 3.12. The largest absolute Gasteiger partial charge is 0.392 e. The SMILES string of the molecule is CC(C)n1ccc(CC(O)C2CC2c2ccccc2)n1. The molecule has 1 aliphatic carbocycles. The highest BCUT2D eigenvalue weighted by Gasteiger charge is 2.43. The Morgan fingerprint density at radius 3 is 2.65 bits per heavy atom. The van der Waals surface area contributed by atoms with Gasteiger partial charge in [0, 0.05) is 18.7 Å². The van der Waals surface area contributed by atoms with Crippen molar-refractivity contribution < 1.29 is 5.11 Å². The summed E-state index contributed by atoms with van der Waals surface area (Å²) in [5.74, 6) is 0.917. The Balaban J connectivity index is 1.59. The van der Waals surface area contributed by atoms with Gasteiger partial charge in [-0.25, -0.2) is 0 Å². The van der Waals surface area contributed by atoms with Crippen LogP contribution in [0.25, 0.3) is 0 Å². The predicted molar refractivity (Wildman–Crippen MR) is 79.6 cm³/mol. The second-order valence-electron chi connectivity index (χ2n) is 6.07. The van der Waals surface area contributed by atoms with Gasteiger partial charge in [0.1, 0.15) is 0 Å². The van der Waals surface area contributed by atoms with Gasteiger partial charge in [-0.2, -0.15) is 5.10 Å². The highest BCUT2D eigenvalue weighted by molar-refractivity contribution is 5.26. The third-order valence-electron chi connectivity index (χ3n) is 4.17. The summed E-state index contributed by atoms with van der Waals surface area (Å²) >= 11 is 0. The molecule has 3 rings (SSSR count). The highest BCUT2D eigenvalue weighted by Crippen LogP contribution is 2.49. The van der Waals surface area contributed by atoms with E-state index in [4.69, 9.17) is 0 Å². The van der Waals surface area contributed by atoms with Crippen LogP contribution in [0, 0.1) is 5.92 Å². The zero-order valence-electron chi connectivity index (χ0n) is 12.1. The van der Waals surface area contributed by atoms with Crippen LogP contribution in [0.3, 0.4) is 0 Å². The Kier molecular flexibility index (Phi) is 3.62. The molecule has 3 heteroatoms. The predicted octanol–water partition coefficient (Wildman–Crippen LogP) is 3.17. The van der Waals surface area contributed by atoms with Crippen molar-refractivity contribution in [2.75, 3.05) is 0 Å². The Morgan fingerprint density at radius 2 is 2.00 bits per heavy atom. The summed E-state index contributed by atoms with van der Waals surface area (Å²) in [5.41, 5.74) is 2.34. The van der Waals surface area contributed by atoms with Crippen LogP contribution in [0.4, 0.5) is 0 Å². The number of benzene rings is 1. The van der Waals surface area contributed by atoms with Crippen LogP contribution in [-0.2, 0) is 6.42 Å². The zero-order valence-corrected chi connectivity index (χ0v) is 12.1. The van der Waals surface area contributed by atoms with E-state index in [0.29, 0.717) is 24.3 Å². The number of rotatable bonds is 5. The summed E-state index contributed by atoms with van der Waals surface area (Å²) in [5, 5.41) is 14.9. The molecule has 1 N–H and O–H groups in total. The number of aromatic nitrogens is 2. The van der Waals surface area contributed by atoms with Gasteiger partial charge in [0.15, 0.2) is 0 Å². The smallest absolute Gasteiger partial charge is 0.0650 e. The number of aliphatic hydroxyl groups excluding tert-OH is 1. The highest BCUT2D eigenvalue weighted by atomic mass is 16.3. The van der Waals surface area contributed by atoms with Gasteiger partial charge in [-0.1, -0.05) is 30.3 Å². The fourth-order valence-electron chi connectivity index (χ4n) is 2.86. The Labute approximate surface area is 120 Å². The summed E-state index contributed by atoms with van der Waals surface area (Å²) in [6.07, 6.45) is 3.47. The lowest BCUT2D eigenvalue weighted by atomic mass is 10.0. The van der Waals surface area contributed by atoms with E-state index >= 15 is 0 Å². The van der Waals surface area contributed by atoms with E-state index in [1.165, 1.54) is 5.56 Å². The first-order valence-corrected chi connectivity index (χ1v) is 7.42. The van der Waals surface area contributed by atoms with Crippen molar-refractivity contribution in [1.82, 2.24) is 9.78 Å². The van der Waals surface area contributed by atoms with Crippen LogP contribution in [0.1, 0.15) is 43.5 Å². The molecule has 3 nitrogen and oxygen atoms in total. The molecule has 1 fully saturated rings. The molecule has 106 valence electrons. The van der Waals surface area contributed by atoms with Crippen LogP contribution in [-0.4, -0.2) is 21.0 Å². The Morgan fingerprint density at radius 1 is 1.25 bits per heavy atom. The minimum Gasteiger partial charge on any atom is -0.392 e. The van der Waals surface area contributed by atoms with Crippen LogP contribution in [0.15, 0.2) is 42.6 Å². The maximum absolute atomic E-state index is 10.4. The molecule has 0 spiro atoms. The molecule has 1 heterocycles. The zero-order chi connectivity index (χ0) is 14.1. The van der Waals surface area contributed by atoms with E-state index in [9.17, 15) is 5.11 Å². The van der Waals surface area contributed by atoms with E-state index in [2.05, 4.69) is 43.2 Å². The first-order chi connectivity index (χ1) is 9.65. The fourth-order valence-corrected chi connectivity index (χ4v) is 2.86. The summed E-state index contributed by atoms with van der Waals surface area (Å²) in [6, 6.07) is 12.9. The average molecular weight is 270 g/mol. The van der Waals surface area contributed by atoms with Crippen molar-refractivity contribution in [3.63, 3.8) is 0 Å². The third-order valence-corrected chi connectivity index (χ3v) is 4.17. The molecule has 3 atom stereocenters. The molecule has 2 aromatic rings. The van der Waals surface area contributed by atoms with Gasteiger partial charge in [0.2, 0.25) is 0 Å². The lowest BCUT2D eigenvalue weighted by molar-refractivity contribution is 0.148. The lowest BCUT2D eigenvalue weighted by Gasteiger charge is -2.09. The topological polar surface area (TPSA) is 38.0 Å². The molecule has 0 aliphatic heterocycles. The summed E-state index contributed by atoms with van der Waals surface area (Å²) < 4.78 is 1.95. The summed E-state index contributed by atoms with van der Waals surface area (Å²) in [4.78, 5) is 0. The standard InChI is InChI=1S/C17H22N2O/c1-12(2)19-9-8-14(18-19)10-17(20)16-11-15(16)13-6-4-3-5-7-13/h3-9,12,15-17,20H,10-11H2,1-2H3. The molecule has 3 unspecified atom stereocenters. The number of nitrogens with zero attached hydrogens (tertiary/aromatic N) is 2. The minimum absolute atomic E-state index is 0.282. The quantitative estimate of drug-likeness (QED) is 0.906. The van der Waals surface area contributed by atoms with Gasteiger partial charge in [0.25, 0.3) is 0 Å². The van der Waals surface area contributed by atoms with E-state index < -0.39 is 0 Å². The third kappa shape index (κ3) is 2.78. The van der Waals surface area contributed by atoms with Gasteiger partial charge in [-0.05, 0) is 43.7 Å². The molecule has 1 aliphatic rings. The maximum Gasteiger partial charge on any atom is 0.0650 e. The van der Waals surface area contributed by atoms with Gasteiger partial charge in [-0.15, -0.1) is 0 Å². The van der Waals surface area contributed by atoms with Crippen molar-refractivity contribution in [3.8, 4) is 0 Å². The molecular weight excluding hydrogens is 248 g/mol. The molecule has 20 heavy (non-hydrogen) atoms. The van der Waals surface area contributed by atoms with Crippen molar-refractivity contribution in [2.24, 2.45) is 5.92 Å². The monoisotopic (exact) mass is 270 g/mol. The molecule has 1 aromatic heterocycles. The molecule has 0 saturated heterocycles. The van der Waals surface area contributed by atoms with Crippen molar-refractivity contribution in [2.45, 2.75) is 44.8 Å². The van der Waals surface area contributed by atoms with E-state index in [1.54, 1.807) is 0 Å². The van der Waals surface area contributed by atoms with Crippen molar-refractivity contribution in [1.29, 1.82) is 0 Å². The molecule has 0 radical (unpaired) electrons. The molecule has 1 saturated carbocycles. The van der Waals surface area contributed by atoms with Crippen LogP contribution in [0.5, 0.6) is 0 Å². The summed E-state index contributed by atoms with van der Waals surface area (Å²) in [6.45, 7) is 4.22. The van der Waals surface area contributed by atoms with E-state index in [1.807, 2.05) is 23.0 Å². The van der Waals surface area contributed by atoms with Gasteiger partial charge < -0.3 is 5.11 Å². The molecular formula is C17H22N2O. The Bertz CT molecular complexity index is 561. The van der Waals surface area contributed by atoms with E-state index in [-0.39, 0.29) is 6.10 Å². The molecule has 0 bridgehead atoms. The van der Waals surface area contributed by atoms with Crippen molar-refractivity contribution in [3.05, 3.63) is 53.9 Å². The number of aliphatic hydroxyl groups is 1. The second kappa shape index (κ2) is 5.41. The van der Waals surface area contributed by atoms with Gasteiger partial charge in [0.05, 0.1) is 11.8 Å². The van der Waals surface area contributed by atoms with Crippen LogP contribution >= 0.6 is 0 Å². The number of hydrogen-bond donors (Lipinski definition) is 1. The molecule has 1 aromatic carbocycles. The van der Waals surface area contributed by atoms with Crippen LogP contribution in [0.2, 0.25) is 0 Å². The lowest BCUT2D eigenvalue weighted by Crippen LogP contribution is -2.15. The second-order valence-corrected chi connectivity index (χ2v) is 6.07. The molecule has 0 amide bonds. The maximum atomic E-state index is 10.4.